The quantitative estimate of drug-likeness (QED) is 0.623. The first kappa shape index (κ1) is 17.9. The molecule has 28 heavy (non-hydrogen) atoms. The molecule has 2 aliphatic heterocycles. The molecular weight excluding hydrogens is 349 g/mol. The van der Waals surface area contributed by atoms with Crippen molar-refractivity contribution in [3.63, 3.8) is 0 Å². The Labute approximate surface area is 166 Å². The number of rotatable bonds is 3. The number of aryl methyl sites for hydroxylation is 2. The Balaban J connectivity index is 1.67. The van der Waals surface area contributed by atoms with Crippen LogP contribution in [0.25, 0.3) is 10.9 Å². The average Bonchev–Trinajstić information content (AvgIpc) is 3.05. The summed E-state index contributed by atoms with van der Waals surface area (Å²) >= 11 is 0. The molecule has 3 aromatic rings. The van der Waals surface area contributed by atoms with Gasteiger partial charge in [0, 0.05) is 47.0 Å². The molecule has 1 fully saturated rings. The number of alkyl halides is 1. The summed E-state index contributed by atoms with van der Waals surface area (Å²) in [5.41, 5.74) is 5.35. The van der Waals surface area contributed by atoms with Crippen LogP contribution in [0.2, 0.25) is 0 Å². The van der Waals surface area contributed by atoms with Crippen LogP contribution in [0.3, 0.4) is 0 Å². The van der Waals surface area contributed by atoms with Crippen molar-refractivity contribution in [3.05, 3.63) is 64.6 Å². The van der Waals surface area contributed by atoms with Gasteiger partial charge >= 0.3 is 0 Å². The summed E-state index contributed by atoms with van der Waals surface area (Å²) in [6.07, 6.45) is 5.17. The standard InChI is InChI=1S/C24H28FN3/c1-15-5-7-20-19(11-15)23-21-8-6-18(27(21)4)13-22(23)28(20)14-24(3,25)17-9-10-26-16(2)12-17/h5,7,9-12,18,21H,6,8,13-14H2,1-4H3. The molecule has 1 saturated heterocycles. The van der Waals surface area contributed by atoms with E-state index >= 15 is 4.39 Å². The van der Waals surface area contributed by atoms with Gasteiger partial charge in [-0.15, -0.1) is 0 Å². The summed E-state index contributed by atoms with van der Waals surface area (Å²) in [5.74, 6) is 0. The van der Waals surface area contributed by atoms with E-state index in [-0.39, 0.29) is 0 Å². The van der Waals surface area contributed by atoms with Gasteiger partial charge in [0.25, 0.3) is 0 Å². The maximum atomic E-state index is 16.0. The van der Waals surface area contributed by atoms with E-state index < -0.39 is 5.67 Å². The fraction of sp³-hybridized carbons (Fsp3) is 0.458. The molecule has 1 aromatic carbocycles. The normalized spacial score (nSPS) is 23.8. The Morgan fingerprint density at radius 1 is 1.18 bits per heavy atom. The highest BCUT2D eigenvalue weighted by molar-refractivity contribution is 5.87. The van der Waals surface area contributed by atoms with E-state index in [2.05, 4.69) is 46.6 Å². The van der Waals surface area contributed by atoms with Crippen molar-refractivity contribution < 1.29 is 4.39 Å². The zero-order valence-electron chi connectivity index (χ0n) is 17.2. The number of nitrogens with zero attached hydrogens (tertiary/aromatic N) is 3. The Bertz CT molecular complexity index is 1070. The van der Waals surface area contributed by atoms with Gasteiger partial charge in [0.15, 0.2) is 5.67 Å². The number of fused-ring (bicyclic) bond motifs is 6. The number of benzene rings is 1. The molecule has 146 valence electrons. The van der Waals surface area contributed by atoms with Gasteiger partial charge in [0.05, 0.1) is 6.54 Å². The van der Waals surface area contributed by atoms with E-state index in [0.717, 1.165) is 12.1 Å². The molecule has 2 bridgehead atoms. The van der Waals surface area contributed by atoms with Gasteiger partial charge in [-0.3, -0.25) is 9.88 Å². The van der Waals surface area contributed by atoms with Gasteiger partial charge in [-0.05, 0) is 76.1 Å². The maximum absolute atomic E-state index is 16.0. The number of likely N-dealkylation sites (N-methyl/N-ethyl adjacent to an activating group) is 1. The van der Waals surface area contributed by atoms with Gasteiger partial charge < -0.3 is 4.57 Å². The zero-order valence-corrected chi connectivity index (χ0v) is 17.2. The highest BCUT2D eigenvalue weighted by Crippen LogP contribution is 2.47. The lowest BCUT2D eigenvalue weighted by atomic mass is 9.96. The number of pyridine rings is 1. The zero-order chi connectivity index (χ0) is 19.6. The fourth-order valence-corrected chi connectivity index (χ4v) is 5.41. The van der Waals surface area contributed by atoms with E-state index in [1.165, 1.54) is 40.6 Å². The van der Waals surface area contributed by atoms with E-state index in [1.807, 2.05) is 19.1 Å². The molecule has 3 atom stereocenters. The van der Waals surface area contributed by atoms with E-state index in [9.17, 15) is 0 Å². The van der Waals surface area contributed by atoms with Crippen LogP contribution in [0.5, 0.6) is 0 Å². The van der Waals surface area contributed by atoms with Gasteiger partial charge in [0.1, 0.15) is 0 Å². The van der Waals surface area contributed by atoms with Crippen molar-refractivity contribution in [2.75, 3.05) is 7.05 Å². The predicted octanol–water partition coefficient (Wildman–Crippen LogP) is 5.23. The predicted molar refractivity (Wildman–Crippen MR) is 111 cm³/mol. The van der Waals surface area contributed by atoms with Gasteiger partial charge in [0.2, 0.25) is 0 Å². The molecule has 4 heterocycles. The van der Waals surface area contributed by atoms with Crippen LogP contribution in [0, 0.1) is 13.8 Å². The Morgan fingerprint density at radius 2 is 2.00 bits per heavy atom. The van der Waals surface area contributed by atoms with Crippen molar-refractivity contribution in [1.29, 1.82) is 0 Å². The largest absolute Gasteiger partial charge is 0.341 e. The molecule has 0 saturated carbocycles. The molecule has 5 rings (SSSR count). The van der Waals surface area contributed by atoms with Crippen LogP contribution in [0.15, 0.2) is 36.5 Å². The number of aromatic nitrogens is 2. The minimum Gasteiger partial charge on any atom is -0.341 e. The smallest absolute Gasteiger partial charge is 0.151 e. The number of halogens is 1. The van der Waals surface area contributed by atoms with E-state index in [4.69, 9.17) is 0 Å². The minimum atomic E-state index is -1.44. The van der Waals surface area contributed by atoms with Crippen molar-refractivity contribution in [1.82, 2.24) is 14.5 Å². The molecule has 0 aliphatic carbocycles. The SMILES string of the molecule is Cc1ccc2c(c1)c1c(n2CC(C)(F)c2ccnc(C)c2)CC2CCC1N2C. The second kappa shape index (κ2) is 6.15. The Morgan fingerprint density at radius 3 is 2.79 bits per heavy atom. The maximum Gasteiger partial charge on any atom is 0.151 e. The monoisotopic (exact) mass is 377 g/mol. The van der Waals surface area contributed by atoms with Crippen LogP contribution in [0.1, 0.15) is 53.9 Å². The first-order valence-corrected chi connectivity index (χ1v) is 10.3. The van der Waals surface area contributed by atoms with Crippen LogP contribution < -0.4 is 0 Å². The molecule has 4 heteroatoms. The third-order valence-corrected chi connectivity index (χ3v) is 6.93. The molecule has 3 unspecified atom stereocenters. The average molecular weight is 378 g/mol. The Kier molecular flexibility index (Phi) is 3.92. The van der Waals surface area contributed by atoms with Crippen LogP contribution in [0.4, 0.5) is 4.39 Å². The lowest BCUT2D eigenvalue weighted by Gasteiger charge is -2.33. The topological polar surface area (TPSA) is 21.1 Å². The summed E-state index contributed by atoms with van der Waals surface area (Å²) in [6, 6.07) is 11.4. The second-order valence-electron chi connectivity index (χ2n) is 8.97. The molecule has 2 aromatic heterocycles. The summed E-state index contributed by atoms with van der Waals surface area (Å²) in [4.78, 5) is 6.77. The highest BCUT2D eigenvalue weighted by atomic mass is 19.1. The molecule has 0 spiro atoms. The van der Waals surface area contributed by atoms with Crippen LogP contribution in [-0.4, -0.2) is 27.5 Å². The highest BCUT2D eigenvalue weighted by Gasteiger charge is 2.41. The van der Waals surface area contributed by atoms with E-state index in [1.54, 1.807) is 13.1 Å². The lowest BCUT2D eigenvalue weighted by Crippen LogP contribution is -2.35. The molecule has 3 nitrogen and oxygen atoms in total. The number of hydrogen-bond donors (Lipinski definition) is 0. The van der Waals surface area contributed by atoms with Crippen molar-refractivity contribution in [3.8, 4) is 0 Å². The second-order valence-corrected chi connectivity index (χ2v) is 8.97. The van der Waals surface area contributed by atoms with Crippen LogP contribution >= 0.6 is 0 Å². The summed E-state index contributed by atoms with van der Waals surface area (Å²) in [7, 11) is 2.25. The first-order valence-electron chi connectivity index (χ1n) is 10.3. The van der Waals surface area contributed by atoms with Crippen LogP contribution in [-0.2, 0) is 18.6 Å². The van der Waals surface area contributed by atoms with Gasteiger partial charge in [-0.1, -0.05) is 11.6 Å². The minimum absolute atomic E-state index is 0.342. The molecule has 0 amide bonds. The van der Waals surface area contributed by atoms with Gasteiger partial charge in [-0.2, -0.15) is 0 Å². The van der Waals surface area contributed by atoms with Gasteiger partial charge in [-0.25, -0.2) is 4.39 Å². The first-order chi connectivity index (χ1) is 13.3. The van der Waals surface area contributed by atoms with Crippen molar-refractivity contribution in [2.45, 2.75) is 64.3 Å². The molecule has 0 radical (unpaired) electrons. The summed E-state index contributed by atoms with van der Waals surface area (Å²) in [5, 5.41) is 1.31. The Hall–Kier alpha value is -2.20. The van der Waals surface area contributed by atoms with Crippen molar-refractivity contribution >= 4 is 10.9 Å². The lowest BCUT2D eigenvalue weighted by molar-refractivity contribution is 0.158. The molecular formula is C24H28FN3. The van der Waals surface area contributed by atoms with Crippen molar-refractivity contribution in [2.24, 2.45) is 0 Å². The summed E-state index contributed by atoms with van der Waals surface area (Å²) in [6.45, 7) is 6.11. The summed E-state index contributed by atoms with van der Waals surface area (Å²) < 4.78 is 18.2. The molecule has 0 N–H and O–H groups in total. The third kappa shape index (κ3) is 2.61. The molecule has 2 aliphatic rings. The third-order valence-electron chi connectivity index (χ3n) is 6.93. The van der Waals surface area contributed by atoms with E-state index in [0.29, 0.717) is 24.2 Å². The number of hydrogen-bond acceptors (Lipinski definition) is 2. The fourth-order valence-electron chi connectivity index (χ4n) is 5.41.